The van der Waals surface area contributed by atoms with E-state index in [-0.39, 0.29) is 12.1 Å². The van der Waals surface area contributed by atoms with Crippen LogP contribution in [-0.4, -0.2) is 43.2 Å². The summed E-state index contributed by atoms with van der Waals surface area (Å²) in [6.07, 6.45) is 5.55. The summed E-state index contributed by atoms with van der Waals surface area (Å²) in [6.45, 7) is 4.13. The van der Waals surface area contributed by atoms with Gasteiger partial charge in [-0.25, -0.2) is 4.79 Å². The average Bonchev–Trinajstić information content (AvgIpc) is 2.76. The number of piperidine rings is 1. The molecule has 2 fully saturated rings. The Labute approximate surface area is 192 Å². The third-order valence-electron chi connectivity index (χ3n) is 6.36. The molecule has 1 N–H and O–H groups in total. The van der Waals surface area contributed by atoms with E-state index in [0.29, 0.717) is 5.92 Å². The van der Waals surface area contributed by atoms with Gasteiger partial charge in [-0.2, -0.15) is 0 Å². The Morgan fingerprint density at radius 2 is 1.80 bits per heavy atom. The highest BCUT2D eigenvalue weighted by molar-refractivity contribution is 9.10. The van der Waals surface area contributed by atoms with E-state index in [1.54, 1.807) is 0 Å². The standard InChI is InChI=1S/C24H29BrClN3O/c25-23-7-6-20(26)17-19(23)16-18-8-12-28(13-9-18)14-10-21-11-15-29(24(30)27-21)22-4-2-1-3-5-22/h1-7,17-18,21H,8-16H2,(H,27,30). The van der Waals surface area contributed by atoms with Crippen LogP contribution in [0.25, 0.3) is 0 Å². The molecule has 160 valence electrons. The molecule has 30 heavy (non-hydrogen) atoms. The normalized spacial score (nSPS) is 20.9. The molecule has 2 aliphatic rings. The first-order valence-electron chi connectivity index (χ1n) is 10.9. The first kappa shape index (κ1) is 21.7. The summed E-state index contributed by atoms with van der Waals surface area (Å²) in [7, 11) is 0. The number of nitrogens with one attached hydrogen (secondary N) is 1. The predicted octanol–water partition coefficient (Wildman–Crippen LogP) is 5.74. The van der Waals surface area contributed by atoms with Gasteiger partial charge >= 0.3 is 6.03 Å². The molecule has 2 heterocycles. The predicted molar refractivity (Wildman–Crippen MR) is 127 cm³/mol. The number of anilines is 1. The van der Waals surface area contributed by atoms with Crippen molar-refractivity contribution < 1.29 is 4.79 Å². The number of halogens is 2. The number of likely N-dealkylation sites (tertiary alicyclic amines) is 1. The molecule has 2 aromatic rings. The molecular formula is C24H29BrClN3O. The van der Waals surface area contributed by atoms with Gasteiger partial charge in [-0.3, -0.25) is 4.90 Å². The summed E-state index contributed by atoms with van der Waals surface area (Å²) in [5, 5.41) is 4.01. The molecule has 0 saturated carbocycles. The maximum atomic E-state index is 12.5. The van der Waals surface area contributed by atoms with Gasteiger partial charge in [0.25, 0.3) is 0 Å². The van der Waals surface area contributed by atoms with Crippen LogP contribution < -0.4 is 10.2 Å². The lowest BCUT2D eigenvalue weighted by atomic mass is 9.90. The van der Waals surface area contributed by atoms with Crippen molar-refractivity contribution in [3.63, 3.8) is 0 Å². The molecule has 1 atom stereocenters. The first-order chi connectivity index (χ1) is 14.6. The van der Waals surface area contributed by atoms with Crippen molar-refractivity contribution in [1.82, 2.24) is 10.2 Å². The average molecular weight is 491 g/mol. The lowest BCUT2D eigenvalue weighted by Gasteiger charge is -2.36. The first-order valence-corrected chi connectivity index (χ1v) is 12.0. The Hall–Kier alpha value is -1.56. The lowest BCUT2D eigenvalue weighted by Crippen LogP contribution is -2.52. The fraction of sp³-hybridized carbons (Fsp3) is 0.458. The molecule has 4 nitrogen and oxygen atoms in total. The number of hydrogen-bond acceptors (Lipinski definition) is 2. The van der Waals surface area contributed by atoms with Gasteiger partial charge in [-0.05, 0) is 87.0 Å². The lowest BCUT2D eigenvalue weighted by molar-refractivity contribution is 0.174. The summed E-state index contributed by atoms with van der Waals surface area (Å²) >= 11 is 9.82. The van der Waals surface area contributed by atoms with Gasteiger partial charge in [0.05, 0.1) is 0 Å². The number of rotatable bonds is 6. The number of amides is 2. The number of hydrogen-bond donors (Lipinski definition) is 1. The number of para-hydroxylation sites is 1. The molecule has 0 spiro atoms. The molecule has 4 rings (SSSR count). The highest BCUT2D eigenvalue weighted by atomic mass is 79.9. The van der Waals surface area contributed by atoms with Crippen LogP contribution >= 0.6 is 27.5 Å². The maximum absolute atomic E-state index is 12.5. The van der Waals surface area contributed by atoms with Crippen LogP contribution in [0.5, 0.6) is 0 Å². The Bertz CT molecular complexity index is 855. The van der Waals surface area contributed by atoms with Gasteiger partial charge in [-0.15, -0.1) is 0 Å². The van der Waals surface area contributed by atoms with Crippen molar-refractivity contribution in [2.45, 2.75) is 38.1 Å². The van der Waals surface area contributed by atoms with Gasteiger partial charge in [-0.1, -0.05) is 45.7 Å². The van der Waals surface area contributed by atoms with Crippen molar-refractivity contribution in [3.8, 4) is 0 Å². The number of urea groups is 1. The zero-order chi connectivity index (χ0) is 20.9. The Morgan fingerprint density at radius 3 is 2.53 bits per heavy atom. The number of carbonyl (C=O) groups is 1. The van der Waals surface area contributed by atoms with Crippen LogP contribution in [0.3, 0.4) is 0 Å². The second kappa shape index (κ2) is 10.2. The molecule has 2 amide bonds. The molecule has 2 aliphatic heterocycles. The third-order valence-corrected chi connectivity index (χ3v) is 7.37. The van der Waals surface area contributed by atoms with Gasteiger partial charge in [0.1, 0.15) is 0 Å². The number of carbonyl (C=O) groups excluding carboxylic acids is 1. The van der Waals surface area contributed by atoms with Gasteiger partial charge in [0, 0.05) is 34.3 Å². The van der Waals surface area contributed by atoms with Crippen molar-refractivity contribution in [2.75, 3.05) is 31.1 Å². The van der Waals surface area contributed by atoms with E-state index in [0.717, 1.165) is 60.6 Å². The summed E-state index contributed by atoms with van der Waals surface area (Å²) in [4.78, 5) is 16.9. The molecule has 0 aromatic heterocycles. The van der Waals surface area contributed by atoms with Crippen LogP contribution in [0.15, 0.2) is 53.0 Å². The minimum Gasteiger partial charge on any atom is -0.335 e. The second-order valence-corrected chi connectivity index (χ2v) is 9.73. The minimum absolute atomic E-state index is 0.0308. The molecule has 0 radical (unpaired) electrons. The molecule has 0 aliphatic carbocycles. The SMILES string of the molecule is O=C1NC(CCN2CCC(Cc3cc(Cl)ccc3Br)CC2)CCN1c1ccccc1. The molecule has 6 heteroatoms. The second-order valence-electron chi connectivity index (χ2n) is 8.44. The van der Waals surface area contributed by atoms with E-state index in [9.17, 15) is 4.79 Å². The number of benzene rings is 2. The minimum atomic E-state index is 0.0308. The zero-order valence-corrected chi connectivity index (χ0v) is 19.5. The summed E-state index contributed by atoms with van der Waals surface area (Å²) in [5.74, 6) is 0.713. The molecule has 1 unspecified atom stereocenters. The van der Waals surface area contributed by atoms with Crippen LogP contribution in [0.2, 0.25) is 5.02 Å². The molecular weight excluding hydrogens is 462 g/mol. The van der Waals surface area contributed by atoms with Crippen molar-refractivity contribution in [2.24, 2.45) is 5.92 Å². The smallest absolute Gasteiger partial charge is 0.322 e. The van der Waals surface area contributed by atoms with Crippen molar-refractivity contribution in [3.05, 3.63) is 63.6 Å². The third kappa shape index (κ3) is 5.57. The molecule has 0 bridgehead atoms. The maximum Gasteiger partial charge on any atom is 0.322 e. The fourth-order valence-corrected chi connectivity index (χ4v) is 5.15. The Balaban J connectivity index is 1.19. The van der Waals surface area contributed by atoms with Crippen molar-refractivity contribution >= 4 is 39.2 Å². The quantitative estimate of drug-likeness (QED) is 0.561. The van der Waals surface area contributed by atoms with E-state index in [1.807, 2.05) is 47.4 Å². The van der Waals surface area contributed by atoms with Gasteiger partial charge < -0.3 is 10.2 Å². The number of nitrogens with zero attached hydrogens (tertiary/aromatic N) is 2. The molecule has 2 aromatic carbocycles. The highest BCUT2D eigenvalue weighted by Crippen LogP contribution is 2.28. The van der Waals surface area contributed by atoms with Crippen LogP contribution in [0, 0.1) is 5.92 Å². The zero-order valence-electron chi connectivity index (χ0n) is 17.2. The monoisotopic (exact) mass is 489 g/mol. The summed E-state index contributed by atoms with van der Waals surface area (Å²) in [6, 6.07) is 16.3. The van der Waals surface area contributed by atoms with Crippen molar-refractivity contribution in [1.29, 1.82) is 0 Å². The Kier molecular flexibility index (Phi) is 7.34. The van der Waals surface area contributed by atoms with E-state index >= 15 is 0 Å². The largest absolute Gasteiger partial charge is 0.335 e. The fourth-order valence-electron chi connectivity index (χ4n) is 4.55. The van der Waals surface area contributed by atoms with Gasteiger partial charge in [0.2, 0.25) is 0 Å². The summed E-state index contributed by atoms with van der Waals surface area (Å²) in [5.41, 5.74) is 2.29. The Morgan fingerprint density at radius 1 is 1.03 bits per heavy atom. The van der Waals surface area contributed by atoms with Crippen LogP contribution in [0.4, 0.5) is 10.5 Å². The van der Waals surface area contributed by atoms with E-state index in [2.05, 4.69) is 32.2 Å². The van der Waals surface area contributed by atoms with E-state index in [1.165, 1.54) is 18.4 Å². The molecule has 2 saturated heterocycles. The topological polar surface area (TPSA) is 35.6 Å². The van der Waals surface area contributed by atoms with Crippen LogP contribution in [0.1, 0.15) is 31.2 Å². The van der Waals surface area contributed by atoms with E-state index < -0.39 is 0 Å². The van der Waals surface area contributed by atoms with Crippen LogP contribution in [-0.2, 0) is 6.42 Å². The summed E-state index contributed by atoms with van der Waals surface area (Å²) < 4.78 is 1.16. The highest BCUT2D eigenvalue weighted by Gasteiger charge is 2.27. The van der Waals surface area contributed by atoms with Gasteiger partial charge in [0.15, 0.2) is 0 Å². The van der Waals surface area contributed by atoms with E-state index in [4.69, 9.17) is 11.6 Å².